The highest BCUT2D eigenvalue weighted by Crippen LogP contribution is 2.36. The molecule has 1 aromatic carbocycles. The first-order valence-electron chi connectivity index (χ1n) is 18.9. The average Bonchev–Trinajstić information content (AvgIpc) is 3.54. The number of nitrogens with two attached hydrogens (primary N) is 1. The second kappa shape index (κ2) is 22.0. The van der Waals surface area contributed by atoms with Crippen LogP contribution in [0, 0.1) is 35.0 Å². The monoisotopic (exact) mass is 765 g/mol. The molecular weight excluding hydrogens is 702 g/mol. The molecule has 3 amide bonds. The summed E-state index contributed by atoms with van der Waals surface area (Å²) < 4.78 is 44.3. The van der Waals surface area contributed by atoms with Crippen molar-refractivity contribution in [3.8, 4) is 11.5 Å². The molecule has 0 aliphatic carbocycles. The molecule has 0 bridgehead atoms. The fraction of sp³-hybridized carbons (Fsp3) is 0.744. The highest BCUT2D eigenvalue weighted by atomic mass is 16.7. The molecule has 306 valence electrons. The number of hydrogen-bond donors (Lipinski definition) is 2. The van der Waals surface area contributed by atoms with Gasteiger partial charge in [0.2, 0.25) is 11.8 Å². The van der Waals surface area contributed by atoms with Crippen LogP contribution in [-0.4, -0.2) is 115 Å². The number of hydrogen-bond acceptors (Lipinski definition) is 12. The summed E-state index contributed by atoms with van der Waals surface area (Å²) in [6.07, 6.45) is 1.23. The molecule has 0 aromatic heterocycles. The Bertz CT molecular complexity index is 1350. The number of carbonyl (C=O) groups excluding carboxylic acids is 4. The van der Waals surface area contributed by atoms with Crippen molar-refractivity contribution in [3.63, 3.8) is 0 Å². The molecule has 3 rings (SSSR count). The van der Waals surface area contributed by atoms with Gasteiger partial charge in [0, 0.05) is 32.6 Å². The smallest absolute Gasteiger partial charge is 0.412 e. The van der Waals surface area contributed by atoms with Crippen molar-refractivity contribution in [1.82, 2.24) is 10.2 Å². The maximum Gasteiger partial charge on any atom is 0.412 e. The van der Waals surface area contributed by atoms with Gasteiger partial charge >= 0.3 is 12.1 Å². The van der Waals surface area contributed by atoms with E-state index < -0.39 is 47.4 Å². The SMILES string of the molecule is COCCCOc1cc(C[C@@H](C[C@H]2C(C[C@H](C(=O)NCC(C)(C)C(N)=O)C(C)C)OCN2C(=O)OCCOC(=O)C2COCOC2)C(C)C)ccc1OC. The molecule has 0 saturated carbocycles. The van der Waals surface area contributed by atoms with Crippen molar-refractivity contribution in [2.24, 2.45) is 40.7 Å². The lowest BCUT2D eigenvalue weighted by Crippen LogP contribution is -2.47. The van der Waals surface area contributed by atoms with E-state index in [1.807, 2.05) is 32.0 Å². The number of nitrogens with one attached hydrogen (secondary N) is 1. The minimum Gasteiger partial charge on any atom is -0.493 e. The lowest BCUT2D eigenvalue weighted by atomic mass is 9.80. The number of ether oxygens (including phenoxy) is 8. The molecule has 2 aliphatic rings. The fourth-order valence-electron chi connectivity index (χ4n) is 6.38. The van der Waals surface area contributed by atoms with Crippen molar-refractivity contribution in [2.45, 2.75) is 79.4 Å². The van der Waals surface area contributed by atoms with Crippen molar-refractivity contribution in [2.75, 3.05) is 73.9 Å². The van der Waals surface area contributed by atoms with Crippen LogP contribution >= 0.6 is 0 Å². The third-order valence-electron chi connectivity index (χ3n) is 10.1. The summed E-state index contributed by atoms with van der Waals surface area (Å²) in [7, 11) is 3.26. The largest absolute Gasteiger partial charge is 0.493 e. The fourth-order valence-corrected chi connectivity index (χ4v) is 6.38. The number of primary amides is 1. The van der Waals surface area contributed by atoms with E-state index in [1.54, 1.807) is 33.0 Å². The van der Waals surface area contributed by atoms with E-state index in [2.05, 4.69) is 19.2 Å². The summed E-state index contributed by atoms with van der Waals surface area (Å²) >= 11 is 0. The third-order valence-corrected chi connectivity index (χ3v) is 10.1. The molecule has 15 nitrogen and oxygen atoms in total. The van der Waals surface area contributed by atoms with Crippen LogP contribution < -0.4 is 20.5 Å². The van der Waals surface area contributed by atoms with Crippen LogP contribution in [0.2, 0.25) is 0 Å². The zero-order valence-electron chi connectivity index (χ0n) is 33.4. The van der Waals surface area contributed by atoms with E-state index >= 15 is 0 Å². The first kappa shape index (κ1) is 44.7. The summed E-state index contributed by atoms with van der Waals surface area (Å²) in [6.45, 7) is 13.0. The van der Waals surface area contributed by atoms with Gasteiger partial charge in [-0.15, -0.1) is 0 Å². The van der Waals surface area contributed by atoms with Gasteiger partial charge in [-0.3, -0.25) is 19.3 Å². The number of amides is 3. The molecule has 54 heavy (non-hydrogen) atoms. The third kappa shape index (κ3) is 13.6. The maximum absolute atomic E-state index is 13.6. The summed E-state index contributed by atoms with van der Waals surface area (Å²) in [5.41, 5.74) is 5.68. The highest BCUT2D eigenvalue weighted by molar-refractivity contribution is 5.83. The van der Waals surface area contributed by atoms with Crippen molar-refractivity contribution >= 4 is 23.9 Å². The van der Waals surface area contributed by atoms with Gasteiger partial charge in [-0.1, -0.05) is 33.8 Å². The summed E-state index contributed by atoms with van der Waals surface area (Å²) in [5.74, 6) is -0.680. The molecule has 3 N–H and O–H groups in total. The Labute approximate surface area is 320 Å². The molecule has 2 aliphatic heterocycles. The van der Waals surface area contributed by atoms with Crippen molar-refractivity contribution in [1.29, 1.82) is 0 Å². The Balaban J connectivity index is 1.79. The van der Waals surface area contributed by atoms with Gasteiger partial charge in [0.05, 0.1) is 44.5 Å². The molecule has 2 heterocycles. The summed E-state index contributed by atoms with van der Waals surface area (Å²) in [5, 5.41) is 2.92. The predicted molar refractivity (Wildman–Crippen MR) is 198 cm³/mol. The van der Waals surface area contributed by atoms with Gasteiger partial charge < -0.3 is 48.9 Å². The van der Waals surface area contributed by atoms with E-state index in [9.17, 15) is 19.2 Å². The number of methoxy groups -OCH3 is 2. The van der Waals surface area contributed by atoms with Gasteiger partial charge in [0.15, 0.2) is 11.5 Å². The number of nitrogens with zero attached hydrogens (tertiary/aromatic N) is 1. The topological polar surface area (TPSA) is 183 Å². The van der Waals surface area contributed by atoms with E-state index in [0.717, 1.165) is 12.0 Å². The standard InChI is InChI=1S/C39H63N3O12/c1-25(2)28(16-27-10-11-32(48-8)34(17-27)51-13-9-12-47-7)18-31-33(19-30(26(3)4)35(43)41-22-39(5,6)37(40)45)54-23-42(31)38(46)53-15-14-52-36(44)29-20-49-24-50-21-29/h10-11,17,25-26,28-31,33H,9,12-16,18-24H2,1-8H3,(H2,40,45)(H,41,43)/t28-,30-,31-,33?/m0/s1. The lowest BCUT2D eigenvalue weighted by molar-refractivity contribution is -0.172. The first-order chi connectivity index (χ1) is 25.7. The van der Waals surface area contributed by atoms with Crippen LogP contribution in [0.5, 0.6) is 11.5 Å². The van der Waals surface area contributed by atoms with Crippen molar-refractivity contribution in [3.05, 3.63) is 23.8 Å². The predicted octanol–water partition coefficient (Wildman–Crippen LogP) is 3.93. The number of esters is 1. The van der Waals surface area contributed by atoms with E-state index in [1.165, 1.54) is 0 Å². The van der Waals surface area contributed by atoms with Crippen LogP contribution in [0.15, 0.2) is 18.2 Å². The van der Waals surface area contributed by atoms with Gasteiger partial charge in [0.1, 0.15) is 32.7 Å². The average molecular weight is 766 g/mol. The number of rotatable bonds is 22. The molecule has 15 heteroatoms. The highest BCUT2D eigenvalue weighted by Gasteiger charge is 2.43. The second-order valence-electron chi connectivity index (χ2n) is 15.4. The maximum atomic E-state index is 13.6. The van der Waals surface area contributed by atoms with Crippen LogP contribution in [0.3, 0.4) is 0 Å². The first-order valence-corrected chi connectivity index (χ1v) is 18.9. The summed E-state index contributed by atoms with van der Waals surface area (Å²) in [4.78, 5) is 53.1. The number of carbonyl (C=O) groups is 4. The minimum atomic E-state index is -0.919. The molecule has 2 fully saturated rings. The Kier molecular flexibility index (Phi) is 18.3. The Morgan fingerprint density at radius 1 is 0.944 bits per heavy atom. The Hall–Kier alpha value is -3.66. The molecule has 1 unspecified atom stereocenters. The van der Waals surface area contributed by atoms with E-state index in [-0.39, 0.29) is 70.2 Å². The minimum absolute atomic E-state index is 0.0291. The summed E-state index contributed by atoms with van der Waals surface area (Å²) in [6, 6.07) is 5.48. The zero-order valence-corrected chi connectivity index (χ0v) is 33.4. The molecule has 0 spiro atoms. The van der Waals surface area contributed by atoms with Crippen LogP contribution in [0.4, 0.5) is 4.79 Å². The quantitative estimate of drug-likeness (QED) is 0.128. The molecule has 4 atom stereocenters. The van der Waals surface area contributed by atoms with Crippen LogP contribution in [-0.2, 0) is 49.2 Å². The van der Waals surface area contributed by atoms with E-state index in [0.29, 0.717) is 44.0 Å². The molecular formula is C39H63N3O12. The molecule has 2 saturated heterocycles. The van der Waals surface area contributed by atoms with Crippen LogP contribution in [0.1, 0.15) is 66.4 Å². The van der Waals surface area contributed by atoms with Gasteiger partial charge in [0.25, 0.3) is 0 Å². The normalized spacial score (nSPS) is 19.0. The van der Waals surface area contributed by atoms with Gasteiger partial charge in [-0.2, -0.15) is 0 Å². The van der Waals surface area contributed by atoms with E-state index in [4.69, 9.17) is 43.6 Å². The Morgan fingerprint density at radius 3 is 2.28 bits per heavy atom. The molecule has 1 aromatic rings. The van der Waals surface area contributed by atoms with Gasteiger partial charge in [-0.25, -0.2) is 4.79 Å². The zero-order chi connectivity index (χ0) is 39.8. The Morgan fingerprint density at radius 2 is 1.65 bits per heavy atom. The van der Waals surface area contributed by atoms with Crippen molar-refractivity contribution < 1.29 is 57.1 Å². The lowest BCUT2D eigenvalue weighted by Gasteiger charge is -2.33. The number of benzene rings is 1. The van der Waals surface area contributed by atoms with Gasteiger partial charge in [-0.05, 0) is 68.6 Å². The second-order valence-corrected chi connectivity index (χ2v) is 15.4. The van der Waals surface area contributed by atoms with Crippen LogP contribution in [0.25, 0.3) is 0 Å². The molecule has 0 radical (unpaired) electrons.